The maximum atomic E-state index is 6.26. The lowest BCUT2D eigenvalue weighted by molar-refractivity contribution is 0.269. The van der Waals surface area contributed by atoms with Gasteiger partial charge in [-0.1, -0.05) is 6.92 Å². The van der Waals surface area contributed by atoms with Crippen LogP contribution in [0.25, 0.3) is 5.65 Å². The van der Waals surface area contributed by atoms with Gasteiger partial charge in [-0.05, 0) is 37.5 Å². The Morgan fingerprint density at radius 3 is 2.96 bits per heavy atom. The van der Waals surface area contributed by atoms with Crippen LogP contribution in [0.2, 0.25) is 0 Å². The molecule has 8 nitrogen and oxygen atoms in total. The molecule has 0 spiro atoms. The van der Waals surface area contributed by atoms with Crippen molar-refractivity contribution in [3.05, 3.63) is 18.7 Å². The first-order valence-corrected chi connectivity index (χ1v) is 9.65. The maximum absolute atomic E-state index is 6.26. The highest BCUT2D eigenvalue weighted by Crippen LogP contribution is 2.24. The van der Waals surface area contributed by atoms with E-state index in [1.165, 1.54) is 19.3 Å². The van der Waals surface area contributed by atoms with Crippen molar-refractivity contribution in [1.82, 2.24) is 24.5 Å². The molecule has 0 radical (unpaired) electrons. The van der Waals surface area contributed by atoms with Crippen LogP contribution >= 0.6 is 24.0 Å². The zero-order chi connectivity index (χ0) is 17.9. The quantitative estimate of drug-likeness (QED) is 0.408. The molecule has 2 aromatic rings. The van der Waals surface area contributed by atoms with Gasteiger partial charge in [0.05, 0.1) is 0 Å². The molecule has 2 atom stereocenters. The van der Waals surface area contributed by atoms with E-state index >= 15 is 0 Å². The van der Waals surface area contributed by atoms with Crippen molar-refractivity contribution in [1.29, 1.82) is 0 Å². The number of fused-ring (bicyclic) bond motifs is 1. The number of aromatic nitrogens is 4. The molecule has 4 rings (SSSR count). The van der Waals surface area contributed by atoms with Crippen LogP contribution in [0, 0.1) is 11.8 Å². The zero-order valence-corrected chi connectivity index (χ0v) is 18.2. The highest BCUT2D eigenvalue weighted by Gasteiger charge is 2.24. The molecule has 2 aliphatic rings. The van der Waals surface area contributed by atoms with Crippen molar-refractivity contribution in [2.24, 2.45) is 22.6 Å². The minimum atomic E-state index is 0. The van der Waals surface area contributed by atoms with Crippen molar-refractivity contribution >= 4 is 41.4 Å². The molecule has 0 amide bonds. The monoisotopic (exact) mass is 484 g/mol. The first-order valence-electron chi connectivity index (χ1n) is 9.65. The number of rotatable bonds is 3. The fraction of sp³-hybridized carbons (Fsp3) is 0.667. The standard InChI is InChI=1S/C18H28N8.HI/c1-14-4-2-8-25(11-14)18(19)21-10-15-5-3-7-24(12-15)16-17-23-22-13-26(17)9-6-20-16;/h6,9,13-15H,2-5,7-8,10-12H2,1H3,(H2,19,21);1H. The number of hydrogen-bond acceptors (Lipinski definition) is 5. The Labute approximate surface area is 177 Å². The molecular weight excluding hydrogens is 455 g/mol. The second-order valence-electron chi connectivity index (χ2n) is 7.66. The van der Waals surface area contributed by atoms with Gasteiger partial charge in [0, 0.05) is 45.1 Å². The number of nitrogens with zero attached hydrogens (tertiary/aromatic N) is 7. The Morgan fingerprint density at radius 2 is 2.11 bits per heavy atom. The van der Waals surface area contributed by atoms with Gasteiger partial charge in [0.15, 0.2) is 11.8 Å². The molecule has 0 bridgehead atoms. The van der Waals surface area contributed by atoms with E-state index in [1.54, 1.807) is 6.33 Å². The van der Waals surface area contributed by atoms with Gasteiger partial charge in [-0.15, -0.1) is 34.2 Å². The summed E-state index contributed by atoms with van der Waals surface area (Å²) in [5.41, 5.74) is 7.08. The highest BCUT2D eigenvalue weighted by atomic mass is 127. The summed E-state index contributed by atoms with van der Waals surface area (Å²) in [5, 5.41) is 8.21. The van der Waals surface area contributed by atoms with E-state index in [2.05, 4.69) is 31.9 Å². The molecule has 0 aromatic carbocycles. The number of anilines is 1. The summed E-state index contributed by atoms with van der Waals surface area (Å²) in [6.07, 6.45) is 10.2. The van der Waals surface area contributed by atoms with Crippen molar-refractivity contribution in [2.45, 2.75) is 32.6 Å². The van der Waals surface area contributed by atoms with E-state index in [4.69, 9.17) is 10.7 Å². The van der Waals surface area contributed by atoms with Gasteiger partial charge >= 0.3 is 0 Å². The molecule has 27 heavy (non-hydrogen) atoms. The van der Waals surface area contributed by atoms with Crippen LogP contribution in [0.15, 0.2) is 23.7 Å². The maximum Gasteiger partial charge on any atom is 0.203 e. The summed E-state index contributed by atoms with van der Waals surface area (Å²) in [7, 11) is 0. The average Bonchev–Trinajstić information content (AvgIpc) is 3.15. The summed E-state index contributed by atoms with van der Waals surface area (Å²) < 4.78 is 1.92. The second kappa shape index (κ2) is 9.03. The number of hydrogen-bond donors (Lipinski definition) is 1. The normalized spacial score (nSPS) is 24.1. The lowest BCUT2D eigenvalue weighted by Crippen LogP contribution is -2.44. The Bertz CT molecular complexity index is 776. The third kappa shape index (κ3) is 4.61. The van der Waals surface area contributed by atoms with Crippen LogP contribution in [-0.2, 0) is 0 Å². The first-order chi connectivity index (χ1) is 12.7. The minimum Gasteiger partial charge on any atom is -0.370 e. The number of halogens is 1. The third-order valence-electron chi connectivity index (χ3n) is 5.51. The average molecular weight is 484 g/mol. The molecule has 2 aliphatic heterocycles. The molecule has 2 N–H and O–H groups in total. The molecule has 4 heterocycles. The van der Waals surface area contributed by atoms with Gasteiger partial charge in [-0.25, -0.2) is 4.98 Å². The lowest BCUT2D eigenvalue weighted by atomic mass is 9.98. The molecule has 148 valence electrons. The molecule has 9 heteroatoms. The Kier molecular flexibility index (Phi) is 6.72. The SMILES string of the molecule is CC1CCCN(C(N)=NCC2CCCN(c3nccn4cnnc34)C2)C1.I. The van der Waals surface area contributed by atoms with E-state index in [0.717, 1.165) is 50.6 Å². The molecule has 0 saturated carbocycles. The van der Waals surface area contributed by atoms with Crippen LogP contribution in [0.4, 0.5) is 5.82 Å². The van der Waals surface area contributed by atoms with Crippen LogP contribution < -0.4 is 10.6 Å². The fourth-order valence-electron chi connectivity index (χ4n) is 4.09. The molecule has 2 fully saturated rings. The number of piperidine rings is 2. The van der Waals surface area contributed by atoms with Crippen LogP contribution in [0.5, 0.6) is 0 Å². The Hall–Kier alpha value is -1.65. The van der Waals surface area contributed by atoms with Crippen molar-refractivity contribution < 1.29 is 0 Å². The number of nitrogens with two attached hydrogens (primary N) is 1. The van der Waals surface area contributed by atoms with Gasteiger partial charge in [0.25, 0.3) is 0 Å². The van der Waals surface area contributed by atoms with Crippen LogP contribution in [0.1, 0.15) is 32.6 Å². The molecule has 0 aliphatic carbocycles. The molecule has 2 unspecified atom stereocenters. The van der Waals surface area contributed by atoms with Crippen LogP contribution in [-0.4, -0.2) is 63.2 Å². The molecule has 2 saturated heterocycles. The van der Waals surface area contributed by atoms with Gasteiger partial charge in [-0.2, -0.15) is 0 Å². The molecule has 2 aromatic heterocycles. The van der Waals surface area contributed by atoms with Gasteiger partial charge in [-0.3, -0.25) is 9.39 Å². The van der Waals surface area contributed by atoms with E-state index < -0.39 is 0 Å². The Morgan fingerprint density at radius 1 is 1.26 bits per heavy atom. The summed E-state index contributed by atoms with van der Waals surface area (Å²) in [5.74, 6) is 2.83. The van der Waals surface area contributed by atoms with Crippen molar-refractivity contribution in [2.75, 3.05) is 37.6 Å². The highest BCUT2D eigenvalue weighted by molar-refractivity contribution is 14.0. The van der Waals surface area contributed by atoms with Gasteiger partial charge < -0.3 is 15.5 Å². The van der Waals surface area contributed by atoms with E-state index in [-0.39, 0.29) is 24.0 Å². The summed E-state index contributed by atoms with van der Waals surface area (Å²) >= 11 is 0. The van der Waals surface area contributed by atoms with E-state index in [9.17, 15) is 0 Å². The number of guanidine groups is 1. The van der Waals surface area contributed by atoms with E-state index in [1.807, 2.05) is 16.8 Å². The summed E-state index contributed by atoms with van der Waals surface area (Å²) in [4.78, 5) is 13.8. The molecular formula is C18H29IN8. The Balaban J connectivity index is 0.00000210. The largest absolute Gasteiger partial charge is 0.370 e. The smallest absolute Gasteiger partial charge is 0.203 e. The summed E-state index contributed by atoms with van der Waals surface area (Å²) in [6.45, 7) is 7.07. The van der Waals surface area contributed by atoms with Crippen LogP contribution in [0.3, 0.4) is 0 Å². The lowest BCUT2D eigenvalue weighted by Gasteiger charge is -2.34. The predicted octanol–water partition coefficient (Wildman–Crippen LogP) is 2.01. The van der Waals surface area contributed by atoms with Gasteiger partial charge in [0.2, 0.25) is 5.65 Å². The second-order valence-corrected chi connectivity index (χ2v) is 7.66. The van der Waals surface area contributed by atoms with Crippen molar-refractivity contribution in [3.63, 3.8) is 0 Å². The number of aliphatic imine (C=N–C) groups is 1. The topological polar surface area (TPSA) is 87.9 Å². The first kappa shape index (κ1) is 20.1. The van der Waals surface area contributed by atoms with Crippen molar-refractivity contribution in [3.8, 4) is 0 Å². The predicted molar refractivity (Wildman–Crippen MR) is 118 cm³/mol. The fourth-order valence-corrected chi connectivity index (χ4v) is 4.09. The summed E-state index contributed by atoms with van der Waals surface area (Å²) in [6, 6.07) is 0. The van der Waals surface area contributed by atoms with Gasteiger partial charge in [0.1, 0.15) is 6.33 Å². The zero-order valence-electron chi connectivity index (χ0n) is 15.9. The van der Waals surface area contributed by atoms with E-state index in [0.29, 0.717) is 17.8 Å². The number of likely N-dealkylation sites (tertiary alicyclic amines) is 1. The third-order valence-corrected chi connectivity index (χ3v) is 5.51. The minimum absolute atomic E-state index is 0.